The minimum Gasteiger partial charge on any atom is -0.466 e. The molecule has 0 aromatic rings. The normalized spacial score (nSPS) is 44.2. The number of carbonyl (C=O) groups is 1. The maximum Gasteiger partial charge on any atom is 0.302 e. The highest BCUT2D eigenvalue weighted by Gasteiger charge is 2.59. The number of allylic oxidation sites excluding steroid dienone is 1. The predicted octanol–water partition coefficient (Wildman–Crippen LogP) is 7.32. The summed E-state index contributed by atoms with van der Waals surface area (Å²) in [6, 6.07) is 0. The molecule has 4 rings (SSSR count). The Morgan fingerprint density at radius 2 is 1.85 bits per heavy atom. The quantitative estimate of drug-likeness (QED) is 0.321. The van der Waals surface area contributed by atoms with E-state index in [1.54, 1.807) is 5.57 Å². The van der Waals surface area contributed by atoms with Gasteiger partial charge in [0.2, 0.25) is 0 Å². The Balaban J connectivity index is 1.38. The number of aliphatic hydroxyl groups is 1. The molecule has 4 aliphatic carbocycles. The van der Waals surface area contributed by atoms with Crippen molar-refractivity contribution >= 4 is 5.97 Å². The van der Waals surface area contributed by atoms with Crippen LogP contribution >= 0.6 is 0 Å². The van der Waals surface area contributed by atoms with Gasteiger partial charge in [-0.3, -0.25) is 4.79 Å². The summed E-state index contributed by atoms with van der Waals surface area (Å²) >= 11 is 0. The summed E-state index contributed by atoms with van der Waals surface area (Å²) in [5.41, 5.74) is 1.92. The number of rotatable bonds is 7. The van der Waals surface area contributed by atoms with Crippen molar-refractivity contribution in [2.24, 2.45) is 46.3 Å². The van der Waals surface area contributed by atoms with Gasteiger partial charge in [-0.25, -0.2) is 0 Å². The second-order valence-corrected chi connectivity index (χ2v) is 13.5. The number of carbonyl (C=O) groups excluding carboxylic acids is 1. The maximum atomic E-state index is 11.1. The van der Waals surface area contributed by atoms with Crippen molar-refractivity contribution in [2.75, 3.05) is 6.61 Å². The molecule has 9 atom stereocenters. The molecule has 0 aliphatic heterocycles. The Hall–Kier alpha value is -0.830. The van der Waals surface area contributed by atoms with Gasteiger partial charge >= 0.3 is 5.97 Å². The molecule has 0 unspecified atom stereocenters. The predicted molar refractivity (Wildman–Crippen MR) is 135 cm³/mol. The summed E-state index contributed by atoms with van der Waals surface area (Å²) in [6.45, 7) is 14.0. The summed E-state index contributed by atoms with van der Waals surface area (Å²) in [5.74, 6) is 4.50. The van der Waals surface area contributed by atoms with Gasteiger partial charge in [0.05, 0.1) is 12.2 Å². The summed E-state index contributed by atoms with van der Waals surface area (Å²) < 4.78 is 5.20. The van der Waals surface area contributed by atoms with Crippen LogP contribution in [0.4, 0.5) is 0 Å². The topological polar surface area (TPSA) is 46.5 Å². The van der Waals surface area contributed by atoms with Gasteiger partial charge < -0.3 is 9.84 Å². The van der Waals surface area contributed by atoms with Crippen LogP contribution in [0.1, 0.15) is 112 Å². The molecule has 0 saturated heterocycles. The van der Waals surface area contributed by atoms with Crippen LogP contribution in [0.5, 0.6) is 0 Å². The van der Waals surface area contributed by atoms with Crippen LogP contribution in [0, 0.1) is 46.3 Å². The second-order valence-electron chi connectivity index (χ2n) is 13.5. The maximum absolute atomic E-state index is 11.1. The van der Waals surface area contributed by atoms with Crippen molar-refractivity contribution in [1.29, 1.82) is 0 Å². The third-order valence-electron chi connectivity index (χ3n) is 11.1. The molecule has 3 nitrogen and oxygen atoms in total. The fourth-order valence-electron chi connectivity index (χ4n) is 9.11. The first-order valence-corrected chi connectivity index (χ1v) is 14.0. The van der Waals surface area contributed by atoms with E-state index in [0.717, 1.165) is 48.9 Å². The highest BCUT2D eigenvalue weighted by Crippen LogP contribution is 2.67. The fourth-order valence-corrected chi connectivity index (χ4v) is 9.11. The molecule has 0 spiro atoms. The van der Waals surface area contributed by atoms with E-state index in [1.807, 2.05) is 6.92 Å². The lowest BCUT2D eigenvalue weighted by Crippen LogP contribution is -2.52. The van der Waals surface area contributed by atoms with Gasteiger partial charge in [0.25, 0.3) is 0 Å². The number of hydrogen-bond acceptors (Lipinski definition) is 3. The van der Waals surface area contributed by atoms with Gasteiger partial charge in [-0.15, -0.1) is 0 Å². The lowest BCUT2D eigenvalue weighted by Gasteiger charge is -2.59. The standard InChI is InChI=1S/C30H50O3/c1-20(19-33-22(3)31)8-7-9-21(2)25-12-13-26-24-11-10-23-18-28(4,32)16-17-29(23,5)27(24)14-15-30(25,26)6/h10,20-21,24-27,32H,7-9,11-19H2,1-6H3/t20-,21+,24-,25+,26-,27-,28-,29-,30+/m0/s1. The van der Waals surface area contributed by atoms with E-state index in [4.69, 9.17) is 4.74 Å². The van der Waals surface area contributed by atoms with E-state index in [-0.39, 0.29) is 5.97 Å². The Morgan fingerprint density at radius 3 is 2.58 bits per heavy atom. The molecule has 3 saturated carbocycles. The number of esters is 1. The van der Waals surface area contributed by atoms with Gasteiger partial charge in [-0.1, -0.05) is 52.2 Å². The fraction of sp³-hybridized carbons (Fsp3) is 0.900. The van der Waals surface area contributed by atoms with Gasteiger partial charge in [0, 0.05) is 6.92 Å². The monoisotopic (exact) mass is 458 g/mol. The van der Waals surface area contributed by atoms with Crippen molar-refractivity contribution < 1.29 is 14.6 Å². The molecule has 188 valence electrons. The van der Waals surface area contributed by atoms with Crippen molar-refractivity contribution in [1.82, 2.24) is 0 Å². The summed E-state index contributed by atoms with van der Waals surface area (Å²) in [5, 5.41) is 10.7. The van der Waals surface area contributed by atoms with Gasteiger partial charge in [-0.05, 0) is 111 Å². The molecule has 0 radical (unpaired) electrons. The Morgan fingerprint density at radius 1 is 1.09 bits per heavy atom. The number of fused-ring (bicyclic) bond motifs is 5. The van der Waals surface area contributed by atoms with E-state index < -0.39 is 5.60 Å². The first-order chi connectivity index (χ1) is 15.5. The lowest BCUT2D eigenvalue weighted by atomic mass is 9.46. The van der Waals surface area contributed by atoms with Crippen LogP contribution in [0.3, 0.4) is 0 Å². The molecule has 0 amide bonds. The van der Waals surface area contributed by atoms with Crippen LogP contribution < -0.4 is 0 Å². The molecule has 1 N–H and O–H groups in total. The van der Waals surface area contributed by atoms with E-state index >= 15 is 0 Å². The zero-order chi connectivity index (χ0) is 24.0. The van der Waals surface area contributed by atoms with Crippen molar-refractivity contribution in [3.05, 3.63) is 11.6 Å². The van der Waals surface area contributed by atoms with Gasteiger partial charge in [-0.2, -0.15) is 0 Å². The van der Waals surface area contributed by atoms with Crippen LogP contribution in [0.2, 0.25) is 0 Å². The minimum atomic E-state index is -0.495. The SMILES string of the molecule is CC(=O)OC[C@@H](C)CCC[C@@H](C)[C@H]1CC[C@H]2[C@@H]3CC=C4C[C@@](C)(O)CC[C@]4(C)[C@H]3CC[C@]12C. The highest BCUT2D eigenvalue weighted by atomic mass is 16.5. The number of ether oxygens (including phenoxy) is 1. The summed E-state index contributed by atoms with van der Waals surface area (Å²) in [4.78, 5) is 11.1. The third-order valence-corrected chi connectivity index (χ3v) is 11.1. The second kappa shape index (κ2) is 9.32. The molecule has 0 aromatic carbocycles. The van der Waals surface area contributed by atoms with Gasteiger partial charge in [0.1, 0.15) is 0 Å². The molecule has 33 heavy (non-hydrogen) atoms. The summed E-state index contributed by atoms with van der Waals surface area (Å²) in [6.07, 6.45) is 16.2. The van der Waals surface area contributed by atoms with Crippen LogP contribution in [0.15, 0.2) is 11.6 Å². The van der Waals surface area contributed by atoms with Gasteiger partial charge in [0.15, 0.2) is 0 Å². The van der Waals surface area contributed by atoms with Crippen molar-refractivity contribution in [3.63, 3.8) is 0 Å². The smallest absolute Gasteiger partial charge is 0.302 e. The first-order valence-electron chi connectivity index (χ1n) is 14.0. The van der Waals surface area contributed by atoms with Crippen LogP contribution in [-0.2, 0) is 9.53 Å². The highest BCUT2D eigenvalue weighted by molar-refractivity contribution is 5.65. The minimum absolute atomic E-state index is 0.159. The first kappa shape index (κ1) is 25.3. The van der Waals surface area contributed by atoms with E-state index in [9.17, 15) is 9.90 Å². The largest absolute Gasteiger partial charge is 0.466 e. The molecule has 0 heterocycles. The molecule has 4 aliphatic rings. The third kappa shape index (κ3) is 4.82. The lowest BCUT2D eigenvalue weighted by molar-refractivity contribution is -0.142. The Bertz CT molecular complexity index is 754. The van der Waals surface area contributed by atoms with Crippen LogP contribution in [0.25, 0.3) is 0 Å². The zero-order valence-electron chi connectivity index (χ0n) is 22.3. The average molecular weight is 459 g/mol. The van der Waals surface area contributed by atoms with Crippen molar-refractivity contribution in [2.45, 2.75) is 118 Å². The number of hydrogen-bond donors (Lipinski definition) is 1. The zero-order valence-corrected chi connectivity index (χ0v) is 22.3. The van der Waals surface area contributed by atoms with Crippen molar-refractivity contribution in [3.8, 4) is 0 Å². The molecule has 0 aromatic heterocycles. The Kier molecular flexibility index (Phi) is 7.14. The summed E-state index contributed by atoms with van der Waals surface area (Å²) in [7, 11) is 0. The molecule has 3 fully saturated rings. The van der Waals surface area contributed by atoms with E-state index in [1.165, 1.54) is 58.3 Å². The van der Waals surface area contributed by atoms with E-state index in [2.05, 4.69) is 33.8 Å². The van der Waals surface area contributed by atoms with Crippen LogP contribution in [-0.4, -0.2) is 23.3 Å². The molecule has 3 heteroatoms. The Labute approximate surface area is 203 Å². The molecular weight excluding hydrogens is 408 g/mol. The molecular formula is C30H50O3. The average Bonchev–Trinajstić information content (AvgIpc) is 3.10. The van der Waals surface area contributed by atoms with E-state index in [0.29, 0.717) is 23.4 Å². The molecule has 0 bridgehead atoms.